The van der Waals surface area contributed by atoms with Crippen LogP contribution >= 0.6 is 27.7 Å². The fourth-order valence-electron chi connectivity index (χ4n) is 2.32. The van der Waals surface area contributed by atoms with E-state index >= 15 is 0 Å². The fraction of sp³-hybridized carbons (Fsp3) is 0.538. The summed E-state index contributed by atoms with van der Waals surface area (Å²) < 4.78 is 14.0. The van der Waals surface area contributed by atoms with Gasteiger partial charge < -0.3 is 0 Å². The third kappa shape index (κ3) is 3.46. The molecule has 1 saturated heterocycles. The average molecular weight is 318 g/mol. The van der Waals surface area contributed by atoms with E-state index in [2.05, 4.69) is 34.7 Å². The highest BCUT2D eigenvalue weighted by atomic mass is 79.9. The molecule has 1 heterocycles. The molecule has 1 nitrogen and oxygen atoms in total. The van der Waals surface area contributed by atoms with Gasteiger partial charge in [0, 0.05) is 30.1 Å². The Morgan fingerprint density at radius 3 is 2.65 bits per heavy atom. The van der Waals surface area contributed by atoms with Crippen LogP contribution in [0.2, 0.25) is 0 Å². The minimum Gasteiger partial charge on any atom is -0.297 e. The highest BCUT2D eigenvalue weighted by molar-refractivity contribution is 9.10. The maximum atomic E-state index is 13.4. The molecule has 1 fully saturated rings. The molecular formula is C13H17BrFNS. The quantitative estimate of drug-likeness (QED) is 0.813. The highest BCUT2D eigenvalue weighted by Crippen LogP contribution is 2.28. The molecule has 0 aliphatic carbocycles. The maximum Gasteiger partial charge on any atom is 0.137 e. The molecule has 0 N–H and O–H groups in total. The first-order chi connectivity index (χ1) is 8.06. The first kappa shape index (κ1) is 13.4. The van der Waals surface area contributed by atoms with Gasteiger partial charge in [0.1, 0.15) is 5.82 Å². The predicted octanol–water partition coefficient (Wildman–Crippen LogP) is 3.91. The number of benzene rings is 1. The molecule has 0 radical (unpaired) electrons. The zero-order chi connectivity index (χ0) is 12.4. The van der Waals surface area contributed by atoms with Crippen molar-refractivity contribution < 1.29 is 4.39 Å². The Morgan fingerprint density at radius 1 is 1.35 bits per heavy atom. The minimum absolute atomic E-state index is 0.171. The van der Waals surface area contributed by atoms with Gasteiger partial charge in [-0.2, -0.15) is 11.8 Å². The van der Waals surface area contributed by atoms with E-state index in [1.807, 2.05) is 17.8 Å². The molecule has 94 valence electrons. The first-order valence-electron chi connectivity index (χ1n) is 5.87. The van der Waals surface area contributed by atoms with Crippen LogP contribution in [0.25, 0.3) is 0 Å². The van der Waals surface area contributed by atoms with Crippen LogP contribution in [-0.2, 0) is 6.54 Å². The van der Waals surface area contributed by atoms with E-state index in [1.165, 1.54) is 6.07 Å². The summed E-state index contributed by atoms with van der Waals surface area (Å²) in [5.41, 5.74) is 1.04. The summed E-state index contributed by atoms with van der Waals surface area (Å²) in [5.74, 6) is -0.171. The van der Waals surface area contributed by atoms with Gasteiger partial charge in [0.05, 0.1) is 4.47 Å². The SMILES string of the molecule is CC1CN(Cc2cccc(F)c2Br)CC(C)S1. The molecule has 4 heteroatoms. The molecule has 17 heavy (non-hydrogen) atoms. The average Bonchev–Trinajstić information content (AvgIpc) is 2.23. The Kier molecular flexibility index (Phi) is 4.50. The molecule has 0 spiro atoms. The topological polar surface area (TPSA) is 3.24 Å². The monoisotopic (exact) mass is 317 g/mol. The van der Waals surface area contributed by atoms with Crippen LogP contribution in [0.3, 0.4) is 0 Å². The van der Waals surface area contributed by atoms with Crippen molar-refractivity contribution in [1.82, 2.24) is 4.90 Å². The summed E-state index contributed by atoms with van der Waals surface area (Å²) in [7, 11) is 0. The second-order valence-electron chi connectivity index (χ2n) is 4.66. The van der Waals surface area contributed by atoms with Crippen molar-refractivity contribution in [1.29, 1.82) is 0 Å². The van der Waals surface area contributed by atoms with E-state index in [0.717, 1.165) is 25.2 Å². The van der Waals surface area contributed by atoms with Crippen molar-refractivity contribution in [2.45, 2.75) is 30.9 Å². The van der Waals surface area contributed by atoms with Gasteiger partial charge in [0.15, 0.2) is 0 Å². The molecule has 2 rings (SSSR count). The maximum absolute atomic E-state index is 13.4. The van der Waals surface area contributed by atoms with Crippen molar-refractivity contribution in [3.63, 3.8) is 0 Å². The van der Waals surface area contributed by atoms with Crippen molar-refractivity contribution in [2.75, 3.05) is 13.1 Å². The summed E-state index contributed by atoms with van der Waals surface area (Å²) in [5, 5.41) is 1.32. The van der Waals surface area contributed by atoms with Crippen molar-refractivity contribution >= 4 is 27.7 Å². The number of rotatable bonds is 2. The van der Waals surface area contributed by atoms with Gasteiger partial charge in [-0.15, -0.1) is 0 Å². The lowest BCUT2D eigenvalue weighted by atomic mass is 10.2. The summed E-state index contributed by atoms with van der Waals surface area (Å²) >= 11 is 5.37. The Balaban J connectivity index is 2.07. The van der Waals surface area contributed by atoms with Gasteiger partial charge in [-0.25, -0.2) is 4.39 Å². The normalized spacial score (nSPS) is 26.1. The summed E-state index contributed by atoms with van der Waals surface area (Å²) in [4.78, 5) is 2.41. The smallest absolute Gasteiger partial charge is 0.137 e. The van der Waals surface area contributed by atoms with Crippen LogP contribution in [0.15, 0.2) is 22.7 Å². The van der Waals surface area contributed by atoms with E-state index < -0.39 is 0 Å². The number of hydrogen-bond acceptors (Lipinski definition) is 2. The Labute approximate surface area is 115 Å². The Morgan fingerprint density at radius 2 is 2.00 bits per heavy atom. The molecule has 2 atom stereocenters. The third-order valence-corrected chi connectivity index (χ3v) is 5.04. The van der Waals surface area contributed by atoms with E-state index in [0.29, 0.717) is 15.0 Å². The number of halogens is 2. The summed E-state index contributed by atoms with van der Waals surface area (Å²) in [6.45, 7) is 7.51. The molecule has 1 aliphatic rings. The lowest BCUT2D eigenvalue weighted by Crippen LogP contribution is -2.39. The fourth-order valence-corrected chi connectivity index (χ4v) is 4.10. The zero-order valence-corrected chi connectivity index (χ0v) is 12.5. The van der Waals surface area contributed by atoms with Gasteiger partial charge in [-0.3, -0.25) is 4.90 Å². The highest BCUT2D eigenvalue weighted by Gasteiger charge is 2.22. The Bertz CT molecular complexity index is 389. The van der Waals surface area contributed by atoms with Crippen LogP contribution in [0.1, 0.15) is 19.4 Å². The number of nitrogens with zero attached hydrogens (tertiary/aromatic N) is 1. The molecule has 0 aromatic heterocycles. The van der Waals surface area contributed by atoms with E-state index in [-0.39, 0.29) is 5.82 Å². The lowest BCUT2D eigenvalue weighted by Gasteiger charge is -2.34. The second-order valence-corrected chi connectivity index (χ2v) is 7.34. The zero-order valence-electron chi connectivity index (χ0n) is 10.1. The van der Waals surface area contributed by atoms with Crippen molar-refractivity contribution in [3.8, 4) is 0 Å². The molecule has 0 saturated carbocycles. The van der Waals surface area contributed by atoms with Crippen molar-refractivity contribution in [2.24, 2.45) is 0 Å². The van der Waals surface area contributed by atoms with E-state index in [9.17, 15) is 4.39 Å². The van der Waals surface area contributed by atoms with Gasteiger partial charge >= 0.3 is 0 Å². The van der Waals surface area contributed by atoms with Gasteiger partial charge in [0.25, 0.3) is 0 Å². The third-order valence-electron chi connectivity index (χ3n) is 2.92. The molecule has 2 unspecified atom stereocenters. The van der Waals surface area contributed by atoms with E-state index in [1.54, 1.807) is 6.07 Å². The van der Waals surface area contributed by atoms with E-state index in [4.69, 9.17) is 0 Å². The van der Waals surface area contributed by atoms with Crippen LogP contribution < -0.4 is 0 Å². The number of thioether (sulfide) groups is 1. The van der Waals surface area contributed by atoms with Crippen LogP contribution in [-0.4, -0.2) is 28.5 Å². The standard InChI is InChI=1S/C13H17BrFNS/c1-9-6-16(7-10(2)17-9)8-11-4-3-5-12(15)13(11)14/h3-5,9-10H,6-8H2,1-2H3. The molecular weight excluding hydrogens is 301 g/mol. The molecule has 1 aromatic rings. The van der Waals surface area contributed by atoms with Crippen LogP contribution in [0, 0.1) is 5.82 Å². The molecule has 1 aliphatic heterocycles. The second kappa shape index (κ2) is 5.72. The van der Waals surface area contributed by atoms with Crippen molar-refractivity contribution in [3.05, 3.63) is 34.1 Å². The van der Waals surface area contributed by atoms with Crippen LogP contribution in [0.4, 0.5) is 4.39 Å². The number of hydrogen-bond donors (Lipinski definition) is 0. The van der Waals surface area contributed by atoms with Gasteiger partial charge in [-0.1, -0.05) is 26.0 Å². The summed E-state index contributed by atoms with van der Waals surface area (Å²) in [6, 6.07) is 5.26. The minimum atomic E-state index is -0.171. The lowest BCUT2D eigenvalue weighted by molar-refractivity contribution is 0.262. The molecule has 1 aromatic carbocycles. The summed E-state index contributed by atoms with van der Waals surface area (Å²) in [6.07, 6.45) is 0. The molecule has 0 amide bonds. The van der Waals surface area contributed by atoms with Gasteiger partial charge in [0.2, 0.25) is 0 Å². The molecule has 0 bridgehead atoms. The largest absolute Gasteiger partial charge is 0.297 e. The van der Waals surface area contributed by atoms with Gasteiger partial charge in [-0.05, 0) is 27.6 Å². The Hall–Kier alpha value is -0.0600. The predicted molar refractivity (Wildman–Crippen MR) is 75.9 cm³/mol. The first-order valence-corrected chi connectivity index (χ1v) is 7.60. The van der Waals surface area contributed by atoms with Crippen LogP contribution in [0.5, 0.6) is 0 Å².